The van der Waals surface area contributed by atoms with E-state index in [9.17, 15) is 0 Å². The fourth-order valence-electron chi connectivity index (χ4n) is 2.09. The molecule has 1 saturated heterocycles. The van der Waals surface area contributed by atoms with Gasteiger partial charge in [-0.05, 0) is 25.7 Å². The van der Waals surface area contributed by atoms with Crippen molar-refractivity contribution in [3.63, 3.8) is 0 Å². The van der Waals surface area contributed by atoms with E-state index in [1.54, 1.807) is 0 Å². The third-order valence-corrected chi connectivity index (χ3v) is 2.81. The van der Waals surface area contributed by atoms with E-state index in [1.807, 2.05) is 14.1 Å². The number of guanidine groups is 1. The molecule has 1 heterocycles. The van der Waals surface area contributed by atoms with Gasteiger partial charge in [0.15, 0.2) is 5.96 Å². The summed E-state index contributed by atoms with van der Waals surface area (Å²) in [7, 11) is 3.80. The highest BCUT2D eigenvalue weighted by molar-refractivity contribution is 5.79. The molecule has 76 valence electrons. The van der Waals surface area contributed by atoms with Gasteiger partial charge < -0.3 is 10.2 Å². The van der Waals surface area contributed by atoms with Gasteiger partial charge >= 0.3 is 0 Å². The van der Waals surface area contributed by atoms with Crippen molar-refractivity contribution in [2.45, 2.75) is 38.6 Å². The maximum atomic E-state index is 4.26. The molecule has 13 heavy (non-hydrogen) atoms. The molecule has 0 aromatic rings. The summed E-state index contributed by atoms with van der Waals surface area (Å²) in [5, 5.41) is 3.16. The van der Waals surface area contributed by atoms with Gasteiger partial charge in [-0.1, -0.05) is 6.92 Å². The predicted octanol–water partition coefficient (Wildman–Crippen LogP) is 1.46. The Morgan fingerprint density at radius 2 is 2.31 bits per heavy atom. The van der Waals surface area contributed by atoms with Crippen LogP contribution in [0.2, 0.25) is 0 Å². The highest BCUT2D eigenvalue weighted by Crippen LogP contribution is 2.19. The smallest absolute Gasteiger partial charge is 0.193 e. The van der Waals surface area contributed by atoms with Crippen LogP contribution >= 0.6 is 0 Å². The van der Waals surface area contributed by atoms with Gasteiger partial charge in [-0.15, -0.1) is 0 Å². The zero-order valence-corrected chi connectivity index (χ0v) is 9.01. The molecule has 0 radical (unpaired) electrons. The van der Waals surface area contributed by atoms with E-state index in [1.165, 1.54) is 25.7 Å². The highest BCUT2D eigenvalue weighted by atomic mass is 15.3. The minimum absolute atomic E-state index is 0.694. The first kappa shape index (κ1) is 10.4. The summed E-state index contributed by atoms with van der Waals surface area (Å²) in [6, 6.07) is 0.694. The molecule has 3 heteroatoms. The van der Waals surface area contributed by atoms with Crippen LogP contribution in [0.1, 0.15) is 32.6 Å². The Balaban J connectivity index is 2.63. The lowest BCUT2D eigenvalue weighted by Gasteiger charge is -2.37. The minimum Gasteiger partial charge on any atom is -0.359 e. The summed E-state index contributed by atoms with van der Waals surface area (Å²) >= 11 is 0. The van der Waals surface area contributed by atoms with E-state index >= 15 is 0 Å². The number of aliphatic imine (C=N–C) groups is 1. The predicted molar refractivity (Wildman–Crippen MR) is 57.1 cm³/mol. The third kappa shape index (κ3) is 2.36. The molecule has 0 amide bonds. The van der Waals surface area contributed by atoms with Crippen molar-refractivity contribution in [1.29, 1.82) is 0 Å². The third-order valence-electron chi connectivity index (χ3n) is 2.81. The van der Waals surface area contributed by atoms with Crippen LogP contribution in [0, 0.1) is 0 Å². The molecule has 3 nitrogen and oxygen atoms in total. The SMILES string of the molecule is CCC1CCCCN1C(=NC)NC. The zero-order chi connectivity index (χ0) is 9.68. The van der Waals surface area contributed by atoms with Crippen molar-refractivity contribution in [1.82, 2.24) is 10.2 Å². The van der Waals surface area contributed by atoms with Crippen molar-refractivity contribution in [2.24, 2.45) is 4.99 Å². The van der Waals surface area contributed by atoms with Gasteiger partial charge in [-0.3, -0.25) is 4.99 Å². The highest BCUT2D eigenvalue weighted by Gasteiger charge is 2.22. The summed E-state index contributed by atoms with van der Waals surface area (Å²) in [6.45, 7) is 3.41. The minimum atomic E-state index is 0.694. The maximum Gasteiger partial charge on any atom is 0.193 e. The topological polar surface area (TPSA) is 27.6 Å². The van der Waals surface area contributed by atoms with Crippen molar-refractivity contribution >= 4 is 5.96 Å². The lowest BCUT2D eigenvalue weighted by atomic mass is 10.0. The normalized spacial score (nSPS) is 24.7. The standard InChI is InChI=1S/C10H21N3/c1-4-9-7-5-6-8-13(9)10(11-2)12-3/h9H,4-8H2,1-3H3,(H,11,12). The molecular formula is C10H21N3. The summed E-state index contributed by atoms with van der Waals surface area (Å²) in [5.74, 6) is 1.05. The Kier molecular flexibility index (Phi) is 4.06. The number of hydrogen-bond acceptors (Lipinski definition) is 1. The average Bonchev–Trinajstić information content (AvgIpc) is 2.20. The lowest BCUT2D eigenvalue weighted by molar-refractivity contribution is 0.230. The van der Waals surface area contributed by atoms with Gasteiger partial charge in [0.2, 0.25) is 0 Å². The van der Waals surface area contributed by atoms with Gasteiger partial charge in [-0.2, -0.15) is 0 Å². The Labute approximate surface area is 81.2 Å². The first-order valence-corrected chi connectivity index (χ1v) is 5.24. The molecule has 0 spiro atoms. The number of hydrogen-bond donors (Lipinski definition) is 1. The largest absolute Gasteiger partial charge is 0.359 e. The van der Waals surface area contributed by atoms with E-state index in [0.29, 0.717) is 6.04 Å². The number of nitrogens with zero attached hydrogens (tertiary/aromatic N) is 2. The van der Waals surface area contributed by atoms with Gasteiger partial charge in [0.05, 0.1) is 0 Å². The summed E-state index contributed by atoms with van der Waals surface area (Å²) in [4.78, 5) is 6.67. The van der Waals surface area contributed by atoms with Gasteiger partial charge in [-0.25, -0.2) is 0 Å². The second-order valence-corrected chi connectivity index (χ2v) is 3.55. The summed E-state index contributed by atoms with van der Waals surface area (Å²) < 4.78 is 0. The number of piperidine rings is 1. The van der Waals surface area contributed by atoms with E-state index < -0.39 is 0 Å². The summed E-state index contributed by atoms with van der Waals surface area (Å²) in [5.41, 5.74) is 0. The molecule has 0 bridgehead atoms. The number of rotatable bonds is 1. The lowest BCUT2D eigenvalue weighted by Crippen LogP contribution is -2.48. The maximum absolute atomic E-state index is 4.26. The molecule has 0 aromatic carbocycles. The molecule has 1 N–H and O–H groups in total. The second kappa shape index (κ2) is 5.10. The van der Waals surface area contributed by atoms with Crippen LogP contribution in [0.25, 0.3) is 0 Å². The van der Waals surface area contributed by atoms with E-state index in [-0.39, 0.29) is 0 Å². The zero-order valence-electron chi connectivity index (χ0n) is 9.01. The number of likely N-dealkylation sites (tertiary alicyclic amines) is 1. The van der Waals surface area contributed by atoms with Crippen LogP contribution in [-0.4, -0.2) is 37.5 Å². The molecule has 0 aliphatic carbocycles. The van der Waals surface area contributed by atoms with Crippen LogP contribution in [0.15, 0.2) is 4.99 Å². The Morgan fingerprint density at radius 1 is 1.54 bits per heavy atom. The molecule has 1 aliphatic rings. The van der Waals surface area contributed by atoms with Crippen LogP contribution in [0.4, 0.5) is 0 Å². The monoisotopic (exact) mass is 183 g/mol. The van der Waals surface area contributed by atoms with Crippen LogP contribution < -0.4 is 5.32 Å². The second-order valence-electron chi connectivity index (χ2n) is 3.55. The van der Waals surface area contributed by atoms with Crippen molar-refractivity contribution in [3.8, 4) is 0 Å². The van der Waals surface area contributed by atoms with E-state index in [2.05, 4.69) is 22.1 Å². The van der Waals surface area contributed by atoms with Gasteiger partial charge in [0.1, 0.15) is 0 Å². The fraction of sp³-hybridized carbons (Fsp3) is 0.900. The van der Waals surface area contributed by atoms with Crippen LogP contribution in [0.3, 0.4) is 0 Å². The quantitative estimate of drug-likeness (QED) is 0.492. The molecular weight excluding hydrogens is 162 g/mol. The molecule has 1 rings (SSSR count). The van der Waals surface area contributed by atoms with E-state index in [4.69, 9.17) is 0 Å². The first-order valence-electron chi connectivity index (χ1n) is 5.24. The van der Waals surface area contributed by atoms with Crippen LogP contribution in [0.5, 0.6) is 0 Å². The van der Waals surface area contributed by atoms with Gasteiger partial charge in [0.25, 0.3) is 0 Å². The first-order chi connectivity index (χ1) is 6.33. The molecule has 1 fully saturated rings. The fourth-order valence-corrected chi connectivity index (χ4v) is 2.09. The van der Waals surface area contributed by atoms with Gasteiger partial charge in [0, 0.05) is 26.7 Å². The summed E-state index contributed by atoms with van der Waals surface area (Å²) in [6.07, 6.45) is 5.21. The molecule has 0 saturated carbocycles. The number of nitrogens with one attached hydrogen (secondary N) is 1. The van der Waals surface area contributed by atoms with Crippen LogP contribution in [-0.2, 0) is 0 Å². The van der Waals surface area contributed by atoms with E-state index in [0.717, 1.165) is 12.5 Å². The average molecular weight is 183 g/mol. The Bertz CT molecular complexity index is 177. The van der Waals surface area contributed by atoms with Crippen molar-refractivity contribution < 1.29 is 0 Å². The molecule has 1 unspecified atom stereocenters. The Morgan fingerprint density at radius 3 is 2.85 bits per heavy atom. The van der Waals surface area contributed by atoms with Crippen molar-refractivity contribution in [2.75, 3.05) is 20.6 Å². The Hall–Kier alpha value is -0.730. The molecule has 0 aromatic heterocycles. The molecule has 1 aliphatic heterocycles. The molecule has 1 atom stereocenters. The van der Waals surface area contributed by atoms with Crippen molar-refractivity contribution in [3.05, 3.63) is 0 Å².